The Morgan fingerprint density at radius 3 is 2.59 bits per heavy atom. The Bertz CT molecular complexity index is 1090. The molecule has 1 saturated heterocycles. The number of benzene rings is 1. The largest absolute Gasteiger partial charge is 0.372 e. The highest BCUT2D eigenvalue weighted by molar-refractivity contribution is 9.10. The Morgan fingerprint density at radius 1 is 1.16 bits per heavy atom. The summed E-state index contributed by atoms with van der Waals surface area (Å²) in [6, 6.07) is 15.7. The monoisotopic (exact) mass is 494 g/mol. The number of nitrogens with one attached hydrogen (secondary N) is 1. The Balaban J connectivity index is 1.38. The predicted molar refractivity (Wildman–Crippen MR) is 130 cm³/mol. The molecule has 1 N–H and O–H groups in total. The van der Waals surface area contributed by atoms with Crippen molar-refractivity contribution in [2.24, 2.45) is 0 Å². The average Bonchev–Trinajstić information content (AvgIpc) is 2.77. The molecule has 0 radical (unpaired) electrons. The van der Waals surface area contributed by atoms with Crippen LogP contribution >= 0.6 is 15.9 Å². The van der Waals surface area contributed by atoms with E-state index in [-0.39, 0.29) is 18.1 Å². The molecule has 6 nitrogen and oxygen atoms in total. The van der Waals surface area contributed by atoms with Crippen LogP contribution < -0.4 is 10.2 Å². The molecule has 32 heavy (non-hydrogen) atoms. The van der Waals surface area contributed by atoms with E-state index in [9.17, 15) is 4.79 Å². The Labute approximate surface area is 197 Å². The van der Waals surface area contributed by atoms with Gasteiger partial charge in [0.15, 0.2) is 0 Å². The van der Waals surface area contributed by atoms with Crippen molar-refractivity contribution < 1.29 is 9.53 Å². The topological polar surface area (TPSA) is 67.4 Å². The first kappa shape index (κ1) is 22.4. The summed E-state index contributed by atoms with van der Waals surface area (Å²) in [4.78, 5) is 24.2. The molecule has 1 amide bonds. The molecule has 1 aliphatic heterocycles. The average molecular weight is 495 g/mol. The van der Waals surface area contributed by atoms with Gasteiger partial charge in [-0.15, -0.1) is 0 Å². The molecule has 7 heteroatoms. The fourth-order valence-electron chi connectivity index (χ4n) is 3.96. The minimum Gasteiger partial charge on any atom is -0.372 e. The summed E-state index contributed by atoms with van der Waals surface area (Å²) in [5, 5.41) is 2.98. The predicted octanol–water partition coefficient (Wildman–Crippen LogP) is 4.76. The lowest BCUT2D eigenvalue weighted by molar-refractivity contribution is -0.00546. The van der Waals surface area contributed by atoms with Crippen LogP contribution in [0.15, 0.2) is 59.2 Å². The van der Waals surface area contributed by atoms with Gasteiger partial charge in [-0.25, -0.2) is 4.98 Å². The van der Waals surface area contributed by atoms with Gasteiger partial charge < -0.3 is 15.0 Å². The van der Waals surface area contributed by atoms with Gasteiger partial charge in [-0.3, -0.25) is 9.78 Å². The summed E-state index contributed by atoms with van der Waals surface area (Å²) in [6.07, 6.45) is 2.19. The zero-order valence-corrected chi connectivity index (χ0v) is 20.1. The summed E-state index contributed by atoms with van der Waals surface area (Å²) in [7, 11) is 0. The van der Waals surface area contributed by atoms with Crippen molar-refractivity contribution in [3.05, 3.63) is 76.0 Å². The summed E-state index contributed by atoms with van der Waals surface area (Å²) < 4.78 is 6.79. The zero-order valence-electron chi connectivity index (χ0n) is 18.5. The van der Waals surface area contributed by atoms with Crippen molar-refractivity contribution >= 4 is 27.7 Å². The second kappa shape index (κ2) is 9.79. The van der Waals surface area contributed by atoms with Crippen LogP contribution in [0.3, 0.4) is 0 Å². The highest BCUT2D eigenvalue weighted by Gasteiger charge is 2.23. The zero-order chi connectivity index (χ0) is 22.7. The molecule has 1 fully saturated rings. The SMILES string of the molecule is Cc1nc(-c2cccc(Br)c2)ccc1C(=O)NCc1ccc(N2CC(C)OC(C)C2)nc1. The number of hydrogen-bond acceptors (Lipinski definition) is 5. The van der Waals surface area contributed by atoms with Gasteiger partial charge in [0.05, 0.1) is 29.2 Å². The van der Waals surface area contributed by atoms with E-state index >= 15 is 0 Å². The van der Waals surface area contributed by atoms with Crippen LogP contribution in [0.1, 0.15) is 35.5 Å². The van der Waals surface area contributed by atoms with Crippen molar-refractivity contribution in [3.63, 3.8) is 0 Å². The van der Waals surface area contributed by atoms with E-state index in [1.54, 1.807) is 0 Å². The quantitative estimate of drug-likeness (QED) is 0.553. The molecule has 0 aliphatic carbocycles. The van der Waals surface area contributed by atoms with Gasteiger partial charge in [-0.2, -0.15) is 0 Å². The van der Waals surface area contributed by atoms with Crippen molar-refractivity contribution in [3.8, 4) is 11.3 Å². The number of amides is 1. The fourth-order valence-corrected chi connectivity index (χ4v) is 4.36. The third-order valence-electron chi connectivity index (χ3n) is 5.46. The molecule has 0 spiro atoms. The molecule has 1 aromatic carbocycles. The number of aromatic nitrogens is 2. The van der Waals surface area contributed by atoms with Gasteiger partial charge in [0, 0.05) is 35.9 Å². The van der Waals surface area contributed by atoms with Gasteiger partial charge in [0.1, 0.15) is 5.82 Å². The number of halogens is 1. The van der Waals surface area contributed by atoms with E-state index in [2.05, 4.69) is 50.0 Å². The standard InChI is InChI=1S/C25H27BrN4O2/c1-16-14-30(15-17(2)32-16)24-10-7-19(12-27-24)13-28-25(31)22-8-9-23(29-18(22)3)20-5-4-6-21(26)11-20/h4-12,16-17H,13-15H2,1-3H3,(H,28,31). The van der Waals surface area contributed by atoms with Crippen LogP contribution in [-0.2, 0) is 11.3 Å². The summed E-state index contributed by atoms with van der Waals surface area (Å²) in [5.41, 5.74) is 4.07. The van der Waals surface area contributed by atoms with Crippen LogP contribution in [0.5, 0.6) is 0 Å². The number of ether oxygens (including phenoxy) is 1. The molecule has 2 unspecified atom stereocenters. The molecular formula is C25H27BrN4O2. The van der Waals surface area contributed by atoms with E-state index in [4.69, 9.17) is 4.74 Å². The van der Waals surface area contributed by atoms with Crippen LogP contribution in [0.25, 0.3) is 11.3 Å². The lowest BCUT2D eigenvalue weighted by atomic mass is 10.1. The van der Waals surface area contributed by atoms with Gasteiger partial charge in [-0.05, 0) is 56.7 Å². The number of pyridine rings is 2. The van der Waals surface area contributed by atoms with E-state index in [0.29, 0.717) is 17.8 Å². The Hall–Kier alpha value is -2.77. The number of morpholine rings is 1. The van der Waals surface area contributed by atoms with Crippen molar-refractivity contribution in [2.45, 2.75) is 39.5 Å². The lowest BCUT2D eigenvalue weighted by Crippen LogP contribution is -2.45. The van der Waals surface area contributed by atoms with Crippen LogP contribution in [0, 0.1) is 6.92 Å². The van der Waals surface area contributed by atoms with Crippen LogP contribution in [0.4, 0.5) is 5.82 Å². The lowest BCUT2D eigenvalue weighted by Gasteiger charge is -2.36. The Kier molecular flexibility index (Phi) is 6.86. The van der Waals surface area contributed by atoms with Gasteiger partial charge in [0.25, 0.3) is 5.91 Å². The molecule has 2 atom stereocenters. The number of carbonyl (C=O) groups is 1. The molecule has 2 aromatic heterocycles. The number of anilines is 1. The number of nitrogens with zero attached hydrogens (tertiary/aromatic N) is 3. The number of rotatable bonds is 5. The minimum absolute atomic E-state index is 0.143. The second-order valence-corrected chi connectivity index (χ2v) is 9.13. The molecule has 3 heterocycles. The first-order valence-corrected chi connectivity index (χ1v) is 11.6. The maximum Gasteiger partial charge on any atom is 0.253 e. The van der Waals surface area contributed by atoms with Crippen molar-refractivity contribution in [2.75, 3.05) is 18.0 Å². The maximum atomic E-state index is 12.7. The van der Waals surface area contributed by atoms with E-state index < -0.39 is 0 Å². The molecule has 0 bridgehead atoms. The van der Waals surface area contributed by atoms with E-state index in [1.165, 1.54) is 0 Å². The van der Waals surface area contributed by atoms with Crippen molar-refractivity contribution in [1.82, 2.24) is 15.3 Å². The number of aryl methyl sites for hydroxylation is 1. The van der Waals surface area contributed by atoms with Crippen molar-refractivity contribution in [1.29, 1.82) is 0 Å². The number of hydrogen-bond donors (Lipinski definition) is 1. The summed E-state index contributed by atoms with van der Waals surface area (Å²) in [6.45, 7) is 8.08. The first-order valence-electron chi connectivity index (χ1n) is 10.8. The summed E-state index contributed by atoms with van der Waals surface area (Å²) in [5.74, 6) is 0.793. The maximum absolute atomic E-state index is 12.7. The molecule has 3 aromatic rings. The molecule has 166 valence electrons. The third-order valence-corrected chi connectivity index (χ3v) is 5.95. The fraction of sp³-hybridized carbons (Fsp3) is 0.320. The van der Waals surface area contributed by atoms with Crippen LogP contribution in [-0.4, -0.2) is 41.2 Å². The molecule has 4 rings (SSSR count). The summed E-state index contributed by atoms with van der Waals surface area (Å²) >= 11 is 3.49. The minimum atomic E-state index is -0.143. The van der Waals surface area contributed by atoms with Gasteiger partial charge >= 0.3 is 0 Å². The van der Waals surface area contributed by atoms with E-state index in [1.807, 2.05) is 61.7 Å². The normalized spacial score (nSPS) is 18.4. The van der Waals surface area contributed by atoms with Gasteiger partial charge in [0.2, 0.25) is 0 Å². The smallest absolute Gasteiger partial charge is 0.253 e. The number of carbonyl (C=O) groups excluding carboxylic acids is 1. The van der Waals surface area contributed by atoms with Crippen LogP contribution in [0.2, 0.25) is 0 Å². The third kappa shape index (κ3) is 5.34. The van der Waals surface area contributed by atoms with Gasteiger partial charge in [-0.1, -0.05) is 34.1 Å². The highest BCUT2D eigenvalue weighted by Crippen LogP contribution is 2.23. The molecule has 0 saturated carbocycles. The molecular weight excluding hydrogens is 468 g/mol. The highest BCUT2D eigenvalue weighted by atomic mass is 79.9. The second-order valence-electron chi connectivity index (χ2n) is 8.21. The molecule has 1 aliphatic rings. The Morgan fingerprint density at radius 2 is 1.94 bits per heavy atom. The first-order chi connectivity index (χ1) is 15.4. The van der Waals surface area contributed by atoms with E-state index in [0.717, 1.165) is 40.2 Å².